The van der Waals surface area contributed by atoms with E-state index in [4.69, 9.17) is 29.5 Å². The number of carboxylic acid groups (broad SMARTS) is 2. The maximum Gasteiger partial charge on any atom is 0.323 e. The Labute approximate surface area is 579 Å². The quantitative estimate of drug-likeness (QED) is 0.0571. The number of carboxylic acids is 2. The lowest BCUT2D eigenvalue weighted by Gasteiger charge is -2.27. The van der Waals surface area contributed by atoms with E-state index in [2.05, 4.69) is 192 Å². The summed E-state index contributed by atoms with van der Waals surface area (Å²) in [7, 11) is 0. The number of rotatable bonds is 15. The van der Waals surface area contributed by atoms with Crippen molar-refractivity contribution in [3.8, 4) is 0 Å². The first-order chi connectivity index (χ1) is 46.8. The highest BCUT2D eigenvalue weighted by atomic mass is 32.2. The largest absolute Gasteiger partial charge is 0.480 e. The number of hydrogen-bond donors (Lipinski definition) is 2. The number of aromatic nitrogens is 1. The third-order valence-electron chi connectivity index (χ3n) is 18.7. The van der Waals surface area contributed by atoms with Crippen LogP contribution in [0.2, 0.25) is 0 Å². The highest BCUT2D eigenvalue weighted by Gasteiger charge is 2.44. The van der Waals surface area contributed by atoms with Gasteiger partial charge in [-0.05, 0) is 172 Å². The molecule has 0 bridgehead atoms. The summed E-state index contributed by atoms with van der Waals surface area (Å²) in [4.78, 5) is 70.9. The molecule has 4 atom stereocenters. The van der Waals surface area contributed by atoms with Crippen molar-refractivity contribution in [1.82, 2.24) is 14.4 Å². The molecule has 8 aromatic carbocycles. The first kappa shape index (κ1) is 63.9. The number of aliphatic carboxylic acids is 2. The molecule has 9 aromatic rings. The van der Waals surface area contributed by atoms with E-state index < -0.39 is 30.6 Å². The van der Waals surface area contributed by atoms with Gasteiger partial charge in [0.05, 0.1) is 9.44 Å². The molecule has 478 valence electrons. The third kappa shape index (κ3) is 12.8. The van der Waals surface area contributed by atoms with Gasteiger partial charge in [0.25, 0.3) is 17.4 Å². The van der Waals surface area contributed by atoms with Crippen molar-refractivity contribution < 1.29 is 29.4 Å². The molecule has 2 amide bonds. The summed E-state index contributed by atoms with van der Waals surface area (Å²) in [5.74, 6) is -2.07. The van der Waals surface area contributed by atoms with E-state index in [-0.39, 0.29) is 16.1 Å². The Morgan fingerprint density at radius 1 is 0.500 bits per heavy atom. The van der Waals surface area contributed by atoms with Crippen molar-refractivity contribution in [1.29, 1.82) is 0 Å². The highest BCUT2D eigenvalue weighted by molar-refractivity contribution is 8.30. The molecule has 2 aliphatic carbocycles. The van der Waals surface area contributed by atoms with Gasteiger partial charge in [0.1, 0.15) is 31.3 Å². The molecular weight excluding hydrogens is 1290 g/mol. The Morgan fingerprint density at radius 2 is 0.927 bits per heavy atom. The Morgan fingerprint density at radius 3 is 1.35 bits per heavy atom. The lowest BCUT2D eigenvalue weighted by atomic mass is 9.95. The predicted octanol–water partition coefficient (Wildman–Crippen LogP) is 15.5. The number of thioether (sulfide) groups is 2. The van der Waals surface area contributed by atoms with E-state index in [0.29, 0.717) is 53.8 Å². The minimum atomic E-state index is -1.15. The van der Waals surface area contributed by atoms with Crippen molar-refractivity contribution in [2.75, 3.05) is 22.9 Å². The standard InChI is InChI=1S/C42H35N3O4S3.C37H30N2O3S2/c1-2-43-40(49)38(52-42(43)50)41-44(25-37(46)47)39(48)36(51-41)24-27-18-21-35-33(23-27)31-14-9-15-34(31)45(35)30-19-16-26(17-20-30)22-32(28-10-5-3-6-11-28)29-12-7-4-8-13-29;40-35(41)23-38-36(42)34(44-37(38)43)22-25-16-19-33-31(21-25)29-12-7-13-32(29)39(33)28-17-14-24(15-18-28)20-30(26-8-3-1-4-9-26)27-10-5-2-6-11-27/h3-8,10-13,16-24,31,34H,2,9,14-15,25H2,1H3,(H,46,47);1-6,8-11,14-22,29,32H,7,12-13,23H2,(H,40,41)/b36-24-,41-38+;34-22-. The molecule has 2 N–H and O–H groups in total. The van der Waals surface area contributed by atoms with Gasteiger partial charge in [-0.2, -0.15) is 0 Å². The Bertz CT molecular complexity index is 4780. The number of hydrogen-bond acceptors (Lipinski definition) is 12. The molecule has 15 rings (SSSR count). The number of thiazole rings is 1. The van der Waals surface area contributed by atoms with Crippen molar-refractivity contribution in [2.24, 2.45) is 0 Å². The molecule has 2 saturated carbocycles. The van der Waals surface area contributed by atoms with Gasteiger partial charge in [0.2, 0.25) is 0 Å². The predicted molar refractivity (Wildman–Crippen MR) is 398 cm³/mol. The molecule has 2 saturated heterocycles. The van der Waals surface area contributed by atoms with Crippen LogP contribution in [0.4, 0.5) is 22.7 Å². The Balaban J connectivity index is 0.000000167. The normalized spacial score (nSPS) is 19.5. The molecule has 0 radical (unpaired) electrons. The first-order valence-corrected chi connectivity index (χ1v) is 35.4. The van der Waals surface area contributed by atoms with Crippen molar-refractivity contribution >= 4 is 155 Å². The Hall–Kier alpha value is -9.49. The molecular formula is C79H65N5O7S5. The number of benzene rings is 8. The highest BCUT2D eigenvalue weighted by Crippen LogP contribution is 2.54. The molecule has 96 heavy (non-hydrogen) atoms. The van der Waals surface area contributed by atoms with Crippen LogP contribution in [-0.4, -0.2) is 82.1 Å². The van der Waals surface area contributed by atoms with Crippen LogP contribution in [0.3, 0.4) is 0 Å². The molecule has 5 heterocycles. The third-order valence-corrected chi connectivity index (χ3v) is 22.7. The second kappa shape index (κ2) is 27.7. The zero-order chi connectivity index (χ0) is 66.1. The number of nitrogens with zero attached hydrogens (tertiary/aromatic N) is 5. The van der Waals surface area contributed by atoms with Gasteiger partial charge in [-0.15, -0.1) is 11.3 Å². The molecule has 6 aliphatic rings. The van der Waals surface area contributed by atoms with Crippen LogP contribution < -0.4 is 24.6 Å². The number of thiocarbonyl (C=S) groups is 2. The average molecular weight is 1360 g/mol. The maximum absolute atomic E-state index is 13.6. The minimum absolute atomic E-state index is 0.282. The van der Waals surface area contributed by atoms with Crippen LogP contribution in [0.1, 0.15) is 113 Å². The fourth-order valence-electron chi connectivity index (χ4n) is 14.4. The zero-order valence-electron chi connectivity index (χ0n) is 52.3. The van der Waals surface area contributed by atoms with Gasteiger partial charge in [-0.3, -0.25) is 38.3 Å². The SMILES string of the molecule is CCN1C(=O)/C(=c2\s/c(=C\c3ccc4c(c3)C3CCCC3N4c3ccc(C=C(c4ccccc4)c4ccccc4)cc3)c(=O)n2CC(=O)O)SC1=S.O=C(O)CN1C(=O)/C(=C/c2ccc3c(c2)C2CCCC2N3c2ccc(C=C(c3ccccc3)c3ccccc3)cc2)SC1=S. The average Bonchev–Trinajstić information content (AvgIpc) is 1.60. The molecule has 0 spiro atoms. The molecule has 4 unspecified atom stereocenters. The minimum Gasteiger partial charge on any atom is -0.480 e. The number of carbonyl (C=O) groups is 4. The van der Waals surface area contributed by atoms with E-state index in [1.165, 1.54) is 77.5 Å². The van der Waals surface area contributed by atoms with E-state index in [0.717, 1.165) is 99.8 Å². The van der Waals surface area contributed by atoms with Crippen molar-refractivity contribution in [3.05, 3.63) is 286 Å². The number of fused-ring (bicyclic) bond motifs is 6. The summed E-state index contributed by atoms with van der Waals surface area (Å²) in [6.07, 6.45) is 15.0. The van der Waals surface area contributed by atoms with E-state index in [9.17, 15) is 29.1 Å². The van der Waals surface area contributed by atoms with E-state index in [1.54, 1.807) is 0 Å². The van der Waals surface area contributed by atoms with Gasteiger partial charge in [0.15, 0.2) is 0 Å². The van der Waals surface area contributed by atoms with Gasteiger partial charge in [-0.25, -0.2) is 0 Å². The van der Waals surface area contributed by atoms with Crippen LogP contribution in [0, 0.1) is 0 Å². The molecule has 4 aliphatic heterocycles. The number of amides is 2. The maximum atomic E-state index is 13.6. The summed E-state index contributed by atoms with van der Waals surface area (Å²) in [6.45, 7) is 1.28. The lowest BCUT2D eigenvalue weighted by Crippen LogP contribution is -2.35. The van der Waals surface area contributed by atoms with E-state index >= 15 is 0 Å². The van der Waals surface area contributed by atoms with Crippen molar-refractivity contribution in [2.45, 2.75) is 75.9 Å². The molecule has 12 nitrogen and oxygen atoms in total. The first-order valence-electron chi connectivity index (χ1n) is 32.2. The molecule has 17 heteroatoms. The molecule has 4 fully saturated rings. The topological polar surface area (TPSA) is 144 Å². The second-order valence-electron chi connectivity index (χ2n) is 24.5. The van der Waals surface area contributed by atoms with Crippen LogP contribution in [0.25, 0.3) is 40.4 Å². The summed E-state index contributed by atoms with van der Waals surface area (Å²) < 4.78 is 2.58. The summed E-state index contributed by atoms with van der Waals surface area (Å²) >= 11 is 14.1. The zero-order valence-corrected chi connectivity index (χ0v) is 56.4. The fourth-order valence-corrected chi connectivity index (χ4v) is 18.3. The lowest BCUT2D eigenvalue weighted by molar-refractivity contribution is -0.140. The van der Waals surface area contributed by atoms with Crippen LogP contribution >= 0.6 is 59.3 Å². The monoisotopic (exact) mass is 1360 g/mol. The number of carbonyl (C=O) groups excluding carboxylic acids is 2. The van der Waals surface area contributed by atoms with Gasteiger partial charge < -0.3 is 20.0 Å². The number of anilines is 4. The Kier molecular flexibility index (Phi) is 18.4. The summed E-state index contributed by atoms with van der Waals surface area (Å²) in [5.41, 5.74) is 18.0. The summed E-state index contributed by atoms with van der Waals surface area (Å²) in [5, 5.41) is 18.8. The fraction of sp³-hybridized carbons (Fsp3) is 0.177. The van der Waals surface area contributed by atoms with Gasteiger partial charge in [0, 0.05) is 53.2 Å². The van der Waals surface area contributed by atoms with Crippen LogP contribution in [-0.2, 0) is 25.7 Å². The smallest absolute Gasteiger partial charge is 0.323 e. The van der Waals surface area contributed by atoms with Crippen molar-refractivity contribution in [3.63, 3.8) is 0 Å². The van der Waals surface area contributed by atoms with E-state index in [1.807, 2.05) is 55.5 Å². The van der Waals surface area contributed by atoms with Crippen LogP contribution in [0.15, 0.2) is 216 Å². The van der Waals surface area contributed by atoms with Gasteiger partial charge in [-0.1, -0.05) is 219 Å². The van der Waals surface area contributed by atoms with Crippen LogP contribution in [0.5, 0.6) is 0 Å². The second-order valence-corrected chi connectivity index (χ2v) is 28.8. The van der Waals surface area contributed by atoms with Gasteiger partial charge >= 0.3 is 11.9 Å². The summed E-state index contributed by atoms with van der Waals surface area (Å²) in [6, 6.07) is 73.1. The molecule has 1 aromatic heterocycles.